The van der Waals surface area contributed by atoms with Gasteiger partial charge in [-0.3, -0.25) is 14.5 Å². The molecule has 2 fully saturated rings. The Morgan fingerprint density at radius 2 is 1.67 bits per heavy atom. The van der Waals surface area contributed by atoms with Gasteiger partial charge in [0.05, 0.1) is 6.04 Å². The number of anilines is 1. The van der Waals surface area contributed by atoms with E-state index in [1.54, 1.807) is 0 Å². The maximum atomic E-state index is 12.7. The highest BCUT2D eigenvalue weighted by Gasteiger charge is 2.27. The van der Waals surface area contributed by atoms with Crippen molar-refractivity contribution in [3.8, 4) is 0 Å². The van der Waals surface area contributed by atoms with E-state index in [1.807, 2.05) is 0 Å². The number of hydrogen-bond acceptors (Lipinski definition) is 5. The zero-order valence-electron chi connectivity index (χ0n) is 20.4. The van der Waals surface area contributed by atoms with E-state index in [9.17, 15) is 9.59 Å². The van der Waals surface area contributed by atoms with Gasteiger partial charge in [-0.1, -0.05) is 37.8 Å². The van der Waals surface area contributed by atoms with E-state index in [-0.39, 0.29) is 12.1 Å². The average molecular weight is 456 g/mol. The van der Waals surface area contributed by atoms with Gasteiger partial charge in [0.15, 0.2) is 0 Å². The van der Waals surface area contributed by atoms with Crippen LogP contribution >= 0.6 is 0 Å². The summed E-state index contributed by atoms with van der Waals surface area (Å²) in [5.41, 5.74) is 3.94. The first kappa shape index (κ1) is 24.0. The van der Waals surface area contributed by atoms with Crippen molar-refractivity contribution < 1.29 is 9.59 Å². The molecule has 182 valence electrons. The lowest BCUT2D eigenvalue weighted by Crippen LogP contribution is -2.50. The number of hydrogen-bond donors (Lipinski definition) is 2. The van der Waals surface area contributed by atoms with E-state index >= 15 is 0 Å². The van der Waals surface area contributed by atoms with E-state index in [0.717, 1.165) is 64.8 Å². The van der Waals surface area contributed by atoms with Gasteiger partial charge in [0.1, 0.15) is 0 Å². The number of nitrogens with one attached hydrogen (secondary N) is 2. The second-order valence-electron chi connectivity index (χ2n) is 10.1. The van der Waals surface area contributed by atoms with Gasteiger partial charge in [-0.2, -0.15) is 0 Å². The van der Waals surface area contributed by atoms with Crippen LogP contribution in [-0.4, -0.2) is 81.0 Å². The first-order chi connectivity index (χ1) is 16.0. The molecule has 2 N–H and O–H groups in total. The van der Waals surface area contributed by atoms with Crippen LogP contribution in [0, 0.1) is 0 Å². The minimum absolute atomic E-state index is 0.0749. The number of fused-ring (bicyclic) bond motifs is 1. The lowest BCUT2D eigenvalue weighted by atomic mass is 9.95. The molecule has 1 aromatic rings. The first-order valence-corrected chi connectivity index (χ1v) is 12.9. The number of piperazine rings is 1. The molecule has 1 aromatic carbocycles. The molecule has 1 aliphatic carbocycles. The third-order valence-electron chi connectivity index (χ3n) is 7.67. The van der Waals surface area contributed by atoms with Crippen molar-refractivity contribution in [2.45, 2.75) is 63.5 Å². The van der Waals surface area contributed by atoms with E-state index in [0.29, 0.717) is 6.54 Å². The molecule has 3 aliphatic rings. The van der Waals surface area contributed by atoms with Gasteiger partial charge >= 0.3 is 11.8 Å². The third kappa shape index (κ3) is 6.27. The number of amides is 2. The van der Waals surface area contributed by atoms with Crippen molar-refractivity contribution in [1.29, 1.82) is 0 Å². The summed E-state index contributed by atoms with van der Waals surface area (Å²) in [6.45, 7) is 5.50. The molecule has 0 aromatic heterocycles. The van der Waals surface area contributed by atoms with Crippen molar-refractivity contribution in [3.05, 3.63) is 29.3 Å². The van der Waals surface area contributed by atoms with Crippen LogP contribution in [-0.2, 0) is 16.0 Å². The summed E-state index contributed by atoms with van der Waals surface area (Å²) < 4.78 is 0. The molecule has 2 heterocycles. The Kier molecular flexibility index (Phi) is 8.25. The van der Waals surface area contributed by atoms with E-state index in [2.05, 4.69) is 57.6 Å². The van der Waals surface area contributed by atoms with Crippen molar-refractivity contribution in [2.75, 3.05) is 58.3 Å². The fraction of sp³-hybridized carbons (Fsp3) is 0.692. The second-order valence-corrected chi connectivity index (χ2v) is 10.1. The molecule has 0 spiro atoms. The van der Waals surface area contributed by atoms with Gasteiger partial charge in [-0.05, 0) is 49.9 Å². The Balaban J connectivity index is 1.43. The van der Waals surface area contributed by atoms with Crippen LogP contribution in [0.3, 0.4) is 0 Å². The maximum Gasteiger partial charge on any atom is 0.309 e. The minimum Gasteiger partial charge on any atom is -0.374 e. The van der Waals surface area contributed by atoms with Gasteiger partial charge in [-0.15, -0.1) is 0 Å². The molecule has 0 bridgehead atoms. The quantitative estimate of drug-likeness (QED) is 0.527. The third-order valence-corrected chi connectivity index (χ3v) is 7.67. The molecule has 2 aliphatic heterocycles. The first-order valence-electron chi connectivity index (χ1n) is 12.9. The van der Waals surface area contributed by atoms with E-state index in [1.165, 1.54) is 36.1 Å². The van der Waals surface area contributed by atoms with Gasteiger partial charge in [0.25, 0.3) is 0 Å². The van der Waals surface area contributed by atoms with Crippen molar-refractivity contribution >= 4 is 17.5 Å². The summed E-state index contributed by atoms with van der Waals surface area (Å²) in [6.07, 6.45) is 8.93. The van der Waals surface area contributed by atoms with Gasteiger partial charge in [-0.25, -0.2) is 0 Å². The average Bonchev–Trinajstić information content (AvgIpc) is 3.09. The van der Waals surface area contributed by atoms with Crippen LogP contribution in [0.1, 0.15) is 62.1 Å². The predicted molar refractivity (Wildman–Crippen MR) is 132 cm³/mol. The number of carbonyl (C=O) groups is 2. The van der Waals surface area contributed by atoms with Crippen LogP contribution in [0.5, 0.6) is 0 Å². The molecule has 33 heavy (non-hydrogen) atoms. The minimum atomic E-state index is -0.504. The summed E-state index contributed by atoms with van der Waals surface area (Å²) in [6, 6.07) is 6.98. The van der Waals surface area contributed by atoms with Crippen molar-refractivity contribution in [2.24, 2.45) is 0 Å². The number of aryl methyl sites for hydroxylation is 1. The molecule has 0 unspecified atom stereocenters. The molecule has 7 heteroatoms. The standard InChI is InChI=1S/C26H41N5O2/c1-29-14-16-31(17-15-29)24(21-11-12-23-20(18-21)8-7-13-30(23)2)19-27-25(32)26(33)28-22-9-5-3-4-6-10-22/h11-12,18,22,24H,3-10,13-17,19H2,1-2H3,(H,27,32)(H,28,33)/t24-/m0/s1. The highest BCUT2D eigenvalue weighted by molar-refractivity contribution is 6.35. The zero-order valence-corrected chi connectivity index (χ0v) is 20.4. The molecule has 0 radical (unpaired) electrons. The Hall–Kier alpha value is -2.12. The normalized spacial score (nSPS) is 21.7. The lowest BCUT2D eigenvalue weighted by molar-refractivity contribution is -0.139. The molecule has 2 amide bonds. The number of likely N-dealkylation sites (N-methyl/N-ethyl adjacent to an activating group) is 1. The summed E-state index contributed by atoms with van der Waals surface area (Å²) in [4.78, 5) is 32.4. The fourth-order valence-corrected chi connectivity index (χ4v) is 5.55. The summed E-state index contributed by atoms with van der Waals surface area (Å²) in [7, 11) is 4.31. The Labute approximate surface area is 198 Å². The summed E-state index contributed by atoms with van der Waals surface area (Å²) in [5, 5.41) is 5.94. The topological polar surface area (TPSA) is 67.9 Å². The zero-order chi connectivity index (χ0) is 23.2. The summed E-state index contributed by atoms with van der Waals surface area (Å²) in [5.74, 6) is -0.984. The second kappa shape index (κ2) is 11.3. The number of rotatable bonds is 5. The number of nitrogens with zero attached hydrogens (tertiary/aromatic N) is 3. The molecule has 1 saturated carbocycles. The Bertz CT molecular complexity index is 813. The smallest absolute Gasteiger partial charge is 0.309 e. The Morgan fingerprint density at radius 3 is 2.39 bits per heavy atom. The van der Waals surface area contributed by atoms with Crippen LogP contribution in [0.4, 0.5) is 5.69 Å². The maximum absolute atomic E-state index is 12.7. The molecular formula is C26H41N5O2. The molecule has 4 rings (SSSR count). The lowest BCUT2D eigenvalue weighted by Gasteiger charge is -2.39. The van der Waals surface area contributed by atoms with Crippen LogP contribution in [0.25, 0.3) is 0 Å². The molecule has 1 atom stereocenters. The summed E-state index contributed by atoms with van der Waals surface area (Å²) >= 11 is 0. The molecular weight excluding hydrogens is 414 g/mol. The highest BCUT2D eigenvalue weighted by Crippen LogP contribution is 2.31. The van der Waals surface area contributed by atoms with Crippen LogP contribution in [0.2, 0.25) is 0 Å². The Morgan fingerprint density at radius 1 is 0.939 bits per heavy atom. The number of benzene rings is 1. The molecule has 7 nitrogen and oxygen atoms in total. The van der Waals surface area contributed by atoms with Gasteiger partial charge in [0.2, 0.25) is 0 Å². The predicted octanol–water partition coefficient (Wildman–Crippen LogP) is 2.31. The van der Waals surface area contributed by atoms with Crippen LogP contribution < -0.4 is 15.5 Å². The van der Waals surface area contributed by atoms with E-state index < -0.39 is 11.8 Å². The van der Waals surface area contributed by atoms with Crippen LogP contribution in [0.15, 0.2) is 18.2 Å². The number of carbonyl (C=O) groups excluding carboxylic acids is 2. The fourth-order valence-electron chi connectivity index (χ4n) is 5.55. The monoisotopic (exact) mass is 455 g/mol. The van der Waals surface area contributed by atoms with Gasteiger partial charge in [0, 0.05) is 58.0 Å². The SMILES string of the molecule is CN1CCN([C@@H](CNC(=O)C(=O)NC2CCCCCC2)c2ccc3c(c2)CCCN3C)CC1. The van der Waals surface area contributed by atoms with E-state index in [4.69, 9.17) is 0 Å². The van der Waals surface area contributed by atoms with Gasteiger partial charge < -0.3 is 20.4 Å². The molecule has 1 saturated heterocycles. The highest BCUT2D eigenvalue weighted by atomic mass is 16.2. The van der Waals surface area contributed by atoms with Crippen molar-refractivity contribution in [1.82, 2.24) is 20.4 Å². The largest absolute Gasteiger partial charge is 0.374 e. The van der Waals surface area contributed by atoms with Crippen molar-refractivity contribution in [3.63, 3.8) is 0 Å².